The van der Waals surface area contributed by atoms with Crippen molar-refractivity contribution >= 4 is 17.7 Å². The second-order valence-corrected chi connectivity index (χ2v) is 2.67. The summed E-state index contributed by atoms with van der Waals surface area (Å²) in [5, 5.41) is 8.65. The van der Waals surface area contributed by atoms with E-state index in [0.717, 1.165) is 0 Å². The monoisotopic (exact) mass is 188 g/mol. The zero-order valence-electron chi connectivity index (χ0n) is 7.57. The van der Waals surface area contributed by atoms with Gasteiger partial charge in [0.05, 0.1) is 6.42 Å². The largest absolute Gasteiger partial charge is 0.391 e. The minimum absolute atomic E-state index is 0.0475. The van der Waals surface area contributed by atoms with Crippen molar-refractivity contribution in [1.82, 2.24) is 0 Å². The molecule has 0 saturated carbocycles. The average molecular weight is 188 g/mol. The van der Waals surface area contributed by atoms with Crippen LogP contribution in [-0.2, 0) is 19.1 Å². The third kappa shape index (κ3) is 5.98. The summed E-state index contributed by atoms with van der Waals surface area (Å²) in [5.41, 5.74) is 0. The Balaban J connectivity index is 3.75. The molecule has 0 amide bonds. The van der Waals surface area contributed by atoms with Gasteiger partial charge in [0.25, 0.3) is 0 Å². The lowest BCUT2D eigenvalue weighted by atomic mass is 10.2. The van der Waals surface area contributed by atoms with E-state index in [1.165, 1.54) is 13.8 Å². The molecule has 1 unspecified atom stereocenters. The molecule has 1 atom stereocenters. The first-order valence-corrected chi connectivity index (χ1v) is 3.85. The van der Waals surface area contributed by atoms with Crippen molar-refractivity contribution in [2.24, 2.45) is 0 Å². The van der Waals surface area contributed by atoms with Crippen LogP contribution < -0.4 is 0 Å². The lowest BCUT2D eigenvalue weighted by Crippen LogP contribution is -2.23. The third-order valence-corrected chi connectivity index (χ3v) is 1.24. The number of ether oxygens (including phenoxy) is 1. The standard InChI is InChI=1S/C8H12O5/c1-5(9)3-4-7(11)13-8(12)6(2)10/h6,10H,3-4H2,1-2H3. The van der Waals surface area contributed by atoms with Crippen LogP contribution in [0.1, 0.15) is 26.7 Å². The highest BCUT2D eigenvalue weighted by molar-refractivity contribution is 5.89. The maximum atomic E-state index is 10.8. The van der Waals surface area contributed by atoms with E-state index >= 15 is 0 Å². The Kier molecular flexibility index (Phi) is 4.91. The van der Waals surface area contributed by atoms with Crippen molar-refractivity contribution in [3.63, 3.8) is 0 Å². The quantitative estimate of drug-likeness (QED) is 0.488. The summed E-state index contributed by atoms with van der Waals surface area (Å²) in [6, 6.07) is 0. The van der Waals surface area contributed by atoms with E-state index in [0.29, 0.717) is 0 Å². The number of rotatable bonds is 4. The van der Waals surface area contributed by atoms with E-state index in [4.69, 9.17) is 5.11 Å². The highest BCUT2D eigenvalue weighted by atomic mass is 16.6. The van der Waals surface area contributed by atoms with Crippen LogP contribution in [0.5, 0.6) is 0 Å². The van der Waals surface area contributed by atoms with E-state index in [-0.39, 0.29) is 18.6 Å². The van der Waals surface area contributed by atoms with Gasteiger partial charge in [-0.05, 0) is 13.8 Å². The molecule has 0 rings (SSSR count). The van der Waals surface area contributed by atoms with Gasteiger partial charge in [0, 0.05) is 6.42 Å². The molecule has 0 bridgehead atoms. The van der Waals surface area contributed by atoms with Crippen molar-refractivity contribution in [3.05, 3.63) is 0 Å². The Morgan fingerprint density at radius 3 is 2.23 bits per heavy atom. The molecule has 5 nitrogen and oxygen atoms in total. The second-order valence-electron chi connectivity index (χ2n) is 2.67. The molecule has 0 aromatic heterocycles. The molecule has 0 radical (unpaired) electrons. The number of carbonyl (C=O) groups excluding carboxylic acids is 3. The molecule has 74 valence electrons. The molecule has 0 aromatic carbocycles. The van der Waals surface area contributed by atoms with E-state index in [1.807, 2.05) is 0 Å². The number of hydrogen-bond donors (Lipinski definition) is 1. The van der Waals surface area contributed by atoms with Gasteiger partial charge in [-0.15, -0.1) is 0 Å². The Bertz CT molecular complexity index is 219. The maximum absolute atomic E-state index is 10.8. The van der Waals surface area contributed by atoms with Crippen LogP contribution in [0.25, 0.3) is 0 Å². The van der Waals surface area contributed by atoms with Crippen LogP contribution in [0.4, 0.5) is 0 Å². The van der Waals surface area contributed by atoms with Gasteiger partial charge >= 0.3 is 11.9 Å². The van der Waals surface area contributed by atoms with Gasteiger partial charge in [0.1, 0.15) is 11.9 Å². The second kappa shape index (κ2) is 5.42. The van der Waals surface area contributed by atoms with Crippen LogP contribution in [-0.4, -0.2) is 28.9 Å². The molecule has 0 aromatic rings. The predicted octanol–water partition coefficient (Wildman–Crippen LogP) is -0.194. The molecule has 5 heteroatoms. The molecule has 0 spiro atoms. The summed E-state index contributed by atoms with van der Waals surface area (Å²) in [7, 11) is 0. The summed E-state index contributed by atoms with van der Waals surface area (Å²) in [4.78, 5) is 31.8. The minimum Gasteiger partial charge on any atom is -0.391 e. The molecule has 0 aliphatic carbocycles. The van der Waals surface area contributed by atoms with E-state index < -0.39 is 18.0 Å². The van der Waals surface area contributed by atoms with Gasteiger partial charge in [0.15, 0.2) is 0 Å². The lowest BCUT2D eigenvalue weighted by Gasteiger charge is -2.03. The Hall–Kier alpha value is -1.23. The molecule has 0 aliphatic rings. The van der Waals surface area contributed by atoms with Crippen molar-refractivity contribution in [3.8, 4) is 0 Å². The van der Waals surface area contributed by atoms with Crippen molar-refractivity contribution in [2.75, 3.05) is 0 Å². The van der Waals surface area contributed by atoms with Crippen LogP contribution in [0.3, 0.4) is 0 Å². The summed E-state index contributed by atoms with van der Waals surface area (Å²) in [6.45, 7) is 2.53. The molecule has 1 N–H and O–H groups in total. The van der Waals surface area contributed by atoms with Crippen LogP contribution in [0.2, 0.25) is 0 Å². The predicted molar refractivity (Wildman–Crippen MR) is 42.7 cm³/mol. The first-order valence-electron chi connectivity index (χ1n) is 3.85. The molecular weight excluding hydrogens is 176 g/mol. The highest BCUT2D eigenvalue weighted by Gasteiger charge is 2.15. The van der Waals surface area contributed by atoms with Gasteiger partial charge in [-0.3, -0.25) is 4.79 Å². The van der Waals surface area contributed by atoms with Gasteiger partial charge in [-0.25, -0.2) is 4.79 Å². The normalized spacial score (nSPS) is 11.9. The van der Waals surface area contributed by atoms with Crippen molar-refractivity contribution in [2.45, 2.75) is 32.8 Å². The topological polar surface area (TPSA) is 80.7 Å². The van der Waals surface area contributed by atoms with Gasteiger partial charge < -0.3 is 14.6 Å². The Labute approximate surface area is 75.7 Å². The van der Waals surface area contributed by atoms with Crippen molar-refractivity contribution < 1.29 is 24.2 Å². The summed E-state index contributed by atoms with van der Waals surface area (Å²) in [6.07, 6.45) is -1.40. The molecule has 0 saturated heterocycles. The van der Waals surface area contributed by atoms with Crippen molar-refractivity contribution in [1.29, 1.82) is 0 Å². The van der Waals surface area contributed by atoms with Crippen LogP contribution in [0.15, 0.2) is 0 Å². The number of aliphatic hydroxyl groups is 1. The fraction of sp³-hybridized carbons (Fsp3) is 0.625. The summed E-state index contributed by atoms with van der Waals surface area (Å²) in [5.74, 6) is -1.93. The molecule has 13 heavy (non-hydrogen) atoms. The number of aliphatic hydroxyl groups excluding tert-OH is 1. The smallest absolute Gasteiger partial charge is 0.342 e. The molecule has 0 aliphatic heterocycles. The van der Waals surface area contributed by atoms with E-state index in [9.17, 15) is 14.4 Å². The zero-order chi connectivity index (χ0) is 10.4. The van der Waals surface area contributed by atoms with E-state index in [1.54, 1.807) is 0 Å². The first kappa shape index (κ1) is 11.8. The highest BCUT2D eigenvalue weighted by Crippen LogP contribution is 1.96. The summed E-state index contributed by atoms with van der Waals surface area (Å²) < 4.78 is 4.18. The number of esters is 2. The first-order chi connectivity index (χ1) is 5.93. The molecule has 0 fully saturated rings. The number of carbonyl (C=O) groups is 3. The number of ketones is 1. The lowest BCUT2D eigenvalue weighted by molar-refractivity contribution is -0.165. The summed E-state index contributed by atoms with van der Waals surface area (Å²) >= 11 is 0. The van der Waals surface area contributed by atoms with E-state index in [2.05, 4.69) is 4.74 Å². The Morgan fingerprint density at radius 1 is 1.31 bits per heavy atom. The number of Topliss-reactive ketones (excluding diaryl/α,β-unsaturated/α-hetero) is 1. The zero-order valence-corrected chi connectivity index (χ0v) is 7.57. The molecular formula is C8H12O5. The maximum Gasteiger partial charge on any atom is 0.342 e. The minimum atomic E-state index is -1.32. The molecule has 0 heterocycles. The fourth-order valence-electron chi connectivity index (χ4n) is 0.527. The van der Waals surface area contributed by atoms with Crippen LogP contribution in [0, 0.1) is 0 Å². The Morgan fingerprint density at radius 2 is 1.85 bits per heavy atom. The number of hydrogen-bond acceptors (Lipinski definition) is 5. The fourth-order valence-corrected chi connectivity index (χ4v) is 0.527. The van der Waals surface area contributed by atoms with Gasteiger partial charge in [-0.1, -0.05) is 0 Å². The van der Waals surface area contributed by atoms with Gasteiger partial charge in [0.2, 0.25) is 0 Å². The van der Waals surface area contributed by atoms with Crippen LogP contribution >= 0.6 is 0 Å². The SMILES string of the molecule is CC(=O)CCC(=O)OC(=O)C(C)O. The third-order valence-electron chi connectivity index (χ3n) is 1.24. The van der Waals surface area contributed by atoms with Gasteiger partial charge in [-0.2, -0.15) is 0 Å². The average Bonchev–Trinajstić information content (AvgIpc) is 2.00.